The number of likely N-dealkylation sites (tertiary alicyclic amines) is 1. The fourth-order valence-corrected chi connectivity index (χ4v) is 2.56. The second kappa shape index (κ2) is 6.24. The number of benzene rings is 1. The molecule has 1 aromatic heterocycles. The van der Waals surface area contributed by atoms with E-state index < -0.39 is 0 Å². The van der Waals surface area contributed by atoms with Crippen LogP contribution in [0.1, 0.15) is 18.5 Å². The average molecular weight is 296 g/mol. The number of hydrogen-bond acceptors (Lipinski definition) is 4. The minimum absolute atomic E-state index is 0. The minimum Gasteiger partial charge on any atom is -0.356 e. The molecule has 3 rings (SSSR count). The van der Waals surface area contributed by atoms with Crippen LogP contribution in [0.25, 0.3) is 11.0 Å². The van der Waals surface area contributed by atoms with Crippen molar-refractivity contribution in [3.63, 3.8) is 0 Å². The molecule has 5 nitrogen and oxygen atoms in total. The van der Waals surface area contributed by atoms with E-state index in [2.05, 4.69) is 5.16 Å². The molecule has 2 aromatic rings. The van der Waals surface area contributed by atoms with Gasteiger partial charge in [0.2, 0.25) is 5.91 Å². The normalized spacial score (nSPS) is 18.9. The van der Waals surface area contributed by atoms with E-state index >= 15 is 0 Å². The third-order valence-corrected chi connectivity index (χ3v) is 3.58. The van der Waals surface area contributed by atoms with Gasteiger partial charge < -0.3 is 15.2 Å². The Morgan fingerprint density at radius 2 is 2.25 bits per heavy atom. The fraction of sp³-hybridized carbons (Fsp3) is 0.429. The Morgan fingerprint density at radius 1 is 1.45 bits per heavy atom. The molecule has 1 aromatic carbocycles. The lowest BCUT2D eigenvalue weighted by Gasteiger charge is -2.30. The van der Waals surface area contributed by atoms with Crippen LogP contribution in [-0.2, 0) is 11.2 Å². The maximum absolute atomic E-state index is 12.2. The predicted molar refractivity (Wildman–Crippen MR) is 78.8 cm³/mol. The van der Waals surface area contributed by atoms with Crippen LogP contribution in [0.4, 0.5) is 0 Å². The van der Waals surface area contributed by atoms with Gasteiger partial charge in [-0.1, -0.05) is 17.3 Å². The van der Waals surface area contributed by atoms with Crippen LogP contribution in [0.2, 0.25) is 0 Å². The van der Waals surface area contributed by atoms with Crippen LogP contribution in [0.5, 0.6) is 0 Å². The summed E-state index contributed by atoms with van der Waals surface area (Å²) in [5.74, 6) is 0.0780. The Labute approximate surface area is 123 Å². The number of carbonyl (C=O) groups excluding carboxylic acids is 1. The molecule has 1 aliphatic heterocycles. The molecule has 1 saturated heterocycles. The number of piperidine rings is 1. The molecule has 20 heavy (non-hydrogen) atoms. The SMILES string of the molecule is Cl.NC1CCCN(C(=O)Cc2noc3ccccc23)C1. The zero-order valence-electron chi connectivity index (χ0n) is 11.1. The van der Waals surface area contributed by atoms with Gasteiger partial charge in [-0.15, -0.1) is 12.4 Å². The first-order valence-electron chi connectivity index (χ1n) is 6.60. The van der Waals surface area contributed by atoms with Gasteiger partial charge in [0, 0.05) is 24.5 Å². The number of aromatic nitrogens is 1. The van der Waals surface area contributed by atoms with Crippen LogP contribution in [-0.4, -0.2) is 35.1 Å². The summed E-state index contributed by atoms with van der Waals surface area (Å²) in [6, 6.07) is 7.70. The number of hydrogen-bond donors (Lipinski definition) is 1. The first-order valence-corrected chi connectivity index (χ1v) is 6.60. The quantitative estimate of drug-likeness (QED) is 0.916. The van der Waals surface area contributed by atoms with E-state index in [0.29, 0.717) is 12.2 Å². The van der Waals surface area contributed by atoms with Crippen LogP contribution < -0.4 is 5.73 Å². The molecule has 108 valence electrons. The van der Waals surface area contributed by atoms with Crippen molar-refractivity contribution >= 4 is 29.3 Å². The number of amides is 1. The number of fused-ring (bicyclic) bond motifs is 1. The maximum Gasteiger partial charge on any atom is 0.228 e. The molecule has 0 radical (unpaired) electrons. The van der Waals surface area contributed by atoms with E-state index in [9.17, 15) is 4.79 Å². The first-order chi connectivity index (χ1) is 9.24. The Morgan fingerprint density at radius 3 is 3.05 bits per heavy atom. The summed E-state index contributed by atoms with van der Waals surface area (Å²) < 4.78 is 5.21. The summed E-state index contributed by atoms with van der Waals surface area (Å²) in [6.07, 6.45) is 2.26. The van der Waals surface area contributed by atoms with Crippen molar-refractivity contribution in [1.29, 1.82) is 0 Å². The third-order valence-electron chi connectivity index (χ3n) is 3.58. The van der Waals surface area contributed by atoms with Gasteiger partial charge in [-0.25, -0.2) is 0 Å². The van der Waals surface area contributed by atoms with Gasteiger partial charge in [-0.2, -0.15) is 0 Å². The number of nitrogens with two attached hydrogens (primary N) is 1. The molecule has 1 unspecified atom stereocenters. The summed E-state index contributed by atoms with van der Waals surface area (Å²) in [5, 5.41) is 4.91. The summed E-state index contributed by atoms with van der Waals surface area (Å²) in [6.45, 7) is 1.44. The van der Waals surface area contributed by atoms with Crippen LogP contribution in [0.3, 0.4) is 0 Å². The molecule has 6 heteroatoms. The highest BCUT2D eigenvalue weighted by atomic mass is 35.5. The van der Waals surface area contributed by atoms with Gasteiger partial charge in [0.25, 0.3) is 0 Å². The van der Waals surface area contributed by atoms with Gasteiger partial charge in [0.1, 0.15) is 5.69 Å². The van der Waals surface area contributed by atoms with Crippen molar-refractivity contribution in [3.05, 3.63) is 30.0 Å². The lowest BCUT2D eigenvalue weighted by atomic mass is 10.1. The van der Waals surface area contributed by atoms with Gasteiger partial charge >= 0.3 is 0 Å². The van der Waals surface area contributed by atoms with Crippen LogP contribution >= 0.6 is 12.4 Å². The zero-order valence-corrected chi connectivity index (χ0v) is 11.9. The third kappa shape index (κ3) is 2.94. The van der Waals surface area contributed by atoms with Crippen molar-refractivity contribution in [2.75, 3.05) is 13.1 Å². The number of rotatable bonds is 2. The van der Waals surface area contributed by atoms with E-state index in [1.54, 1.807) is 0 Å². The van der Waals surface area contributed by atoms with Crippen molar-refractivity contribution in [2.24, 2.45) is 5.73 Å². The second-order valence-electron chi connectivity index (χ2n) is 5.04. The Balaban J connectivity index is 0.00000147. The summed E-state index contributed by atoms with van der Waals surface area (Å²) in [7, 11) is 0. The topological polar surface area (TPSA) is 72.4 Å². The number of halogens is 1. The van der Waals surface area contributed by atoms with Crippen LogP contribution in [0.15, 0.2) is 28.8 Å². The zero-order chi connectivity index (χ0) is 13.2. The van der Waals surface area contributed by atoms with E-state index in [-0.39, 0.29) is 30.8 Å². The van der Waals surface area contributed by atoms with Gasteiger partial charge in [-0.3, -0.25) is 4.79 Å². The predicted octanol–water partition coefficient (Wildman–Crippen LogP) is 1.74. The van der Waals surface area contributed by atoms with E-state index in [1.807, 2.05) is 29.2 Å². The second-order valence-corrected chi connectivity index (χ2v) is 5.04. The number of nitrogens with zero attached hydrogens (tertiary/aromatic N) is 2. The summed E-state index contributed by atoms with van der Waals surface area (Å²) in [5.41, 5.74) is 7.33. The summed E-state index contributed by atoms with van der Waals surface area (Å²) >= 11 is 0. The Kier molecular flexibility index (Phi) is 4.62. The smallest absolute Gasteiger partial charge is 0.228 e. The monoisotopic (exact) mass is 295 g/mol. The molecule has 1 aliphatic rings. The van der Waals surface area contributed by atoms with Crippen LogP contribution in [0, 0.1) is 0 Å². The molecule has 0 spiro atoms. The fourth-order valence-electron chi connectivity index (χ4n) is 2.56. The van der Waals surface area contributed by atoms with Gasteiger partial charge in [0.15, 0.2) is 5.58 Å². The van der Waals surface area contributed by atoms with E-state index in [1.165, 1.54) is 0 Å². The van der Waals surface area contributed by atoms with Gasteiger partial charge in [0.05, 0.1) is 6.42 Å². The molecule has 2 N–H and O–H groups in total. The lowest BCUT2D eigenvalue weighted by molar-refractivity contribution is -0.131. The van der Waals surface area contributed by atoms with Gasteiger partial charge in [-0.05, 0) is 25.0 Å². The van der Waals surface area contributed by atoms with E-state index in [4.69, 9.17) is 10.3 Å². The number of carbonyl (C=O) groups is 1. The largest absolute Gasteiger partial charge is 0.356 e. The van der Waals surface area contributed by atoms with Crippen molar-refractivity contribution < 1.29 is 9.32 Å². The number of para-hydroxylation sites is 1. The summed E-state index contributed by atoms with van der Waals surface area (Å²) in [4.78, 5) is 14.1. The Bertz CT molecular complexity index is 599. The average Bonchev–Trinajstić information content (AvgIpc) is 2.82. The molecule has 0 aliphatic carbocycles. The molecule has 1 atom stereocenters. The molecule has 1 fully saturated rings. The Hall–Kier alpha value is -1.59. The molecular weight excluding hydrogens is 278 g/mol. The first kappa shape index (κ1) is 14.8. The van der Waals surface area contributed by atoms with Crippen molar-refractivity contribution in [2.45, 2.75) is 25.3 Å². The molecule has 0 saturated carbocycles. The lowest BCUT2D eigenvalue weighted by Crippen LogP contribution is -2.46. The highest BCUT2D eigenvalue weighted by molar-refractivity contribution is 5.86. The highest BCUT2D eigenvalue weighted by Crippen LogP contribution is 2.19. The van der Waals surface area contributed by atoms with Crippen molar-refractivity contribution in [3.8, 4) is 0 Å². The molecular formula is C14H18ClN3O2. The standard InChI is InChI=1S/C14H17N3O2.ClH/c15-10-4-3-7-17(9-10)14(18)8-12-11-5-1-2-6-13(11)19-16-12;/h1-2,5-6,10H,3-4,7-9,15H2;1H. The van der Waals surface area contributed by atoms with Crippen molar-refractivity contribution in [1.82, 2.24) is 10.1 Å². The highest BCUT2D eigenvalue weighted by Gasteiger charge is 2.22. The maximum atomic E-state index is 12.2. The molecule has 1 amide bonds. The van der Waals surface area contributed by atoms with E-state index in [0.717, 1.165) is 30.4 Å². The molecule has 2 heterocycles. The minimum atomic E-state index is 0. The molecule has 0 bridgehead atoms.